The minimum atomic E-state index is -0.379. The highest BCUT2D eigenvalue weighted by atomic mass is 35.5. The quantitative estimate of drug-likeness (QED) is 0.647. The second-order valence-corrected chi connectivity index (χ2v) is 7.04. The SMILES string of the molecule is CN1C(=O)c2ccc(NC(=O)CCc3ncc(-c4ccc(Cl)cc4)o3)cc2C1=O. The number of fused-ring (bicyclic) bond motifs is 1. The van der Waals surface area contributed by atoms with Gasteiger partial charge >= 0.3 is 0 Å². The van der Waals surface area contributed by atoms with Gasteiger partial charge in [0.2, 0.25) is 5.91 Å². The molecule has 3 aromatic rings. The van der Waals surface area contributed by atoms with Gasteiger partial charge in [-0.3, -0.25) is 19.3 Å². The van der Waals surface area contributed by atoms with E-state index in [9.17, 15) is 14.4 Å². The van der Waals surface area contributed by atoms with Crippen LogP contribution < -0.4 is 5.32 Å². The van der Waals surface area contributed by atoms with E-state index in [4.69, 9.17) is 16.0 Å². The van der Waals surface area contributed by atoms with Gasteiger partial charge in [-0.05, 0) is 42.5 Å². The Hall–Kier alpha value is -3.45. The van der Waals surface area contributed by atoms with Crippen LogP contribution >= 0.6 is 11.6 Å². The number of hydrogen-bond donors (Lipinski definition) is 1. The number of amides is 3. The lowest BCUT2D eigenvalue weighted by molar-refractivity contribution is -0.116. The molecule has 29 heavy (non-hydrogen) atoms. The molecule has 8 heteroatoms. The Morgan fingerprint density at radius 1 is 1.10 bits per heavy atom. The Morgan fingerprint density at radius 2 is 1.83 bits per heavy atom. The number of nitrogens with one attached hydrogen (secondary N) is 1. The zero-order valence-electron chi connectivity index (χ0n) is 15.4. The van der Waals surface area contributed by atoms with Gasteiger partial charge in [0.05, 0.1) is 17.3 Å². The Bertz CT molecular complexity index is 1120. The third kappa shape index (κ3) is 3.77. The lowest BCUT2D eigenvalue weighted by Gasteiger charge is -2.05. The summed E-state index contributed by atoms with van der Waals surface area (Å²) in [6.45, 7) is 0. The van der Waals surface area contributed by atoms with E-state index in [-0.39, 0.29) is 29.7 Å². The Morgan fingerprint density at radius 3 is 2.59 bits per heavy atom. The van der Waals surface area contributed by atoms with Crippen molar-refractivity contribution < 1.29 is 18.8 Å². The number of rotatable bonds is 5. The summed E-state index contributed by atoms with van der Waals surface area (Å²) >= 11 is 5.88. The molecule has 2 heterocycles. The van der Waals surface area contributed by atoms with Crippen LogP contribution in [0, 0.1) is 0 Å². The number of nitrogens with zero attached hydrogens (tertiary/aromatic N) is 2. The maximum Gasteiger partial charge on any atom is 0.261 e. The molecule has 0 saturated carbocycles. The van der Waals surface area contributed by atoms with Crippen molar-refractivity contribution >= 4 is 35.0 Å². The highest BCUT2D eigenvalue weighted by Gasteiger charge is 2.32. The van der Waals surface area contributed by atoms with Crippen LogP contribution in [0.1, 0.15) is 33.0 Å². The van der Waals surface area contributed by atoms with Crippen LogP contribution in [0.5, 0.6) is 0 Å². The first-order valence-electron chi connectivity index (χ1n) is 8.89. The van der Waals surface area contributed by atoms with E-state index in [1.54, 1.807) is 30.5 Å². The zero-order chi connectivity index (χ0) is 20.5. The summed E-state index contributed by atoms with van der Waals surface area (Å²) in [5.41, 5.74) is 1.93. The monoisotopic (exact) mass is 409 g/mol. The van der Waals surface area contributed by atoms with E-state index in [2.05, 4.69) is 10.3 Å². The van der Waals surface area contributed by atoms with Crippen LogP contribution in [0.25, 0.3) is 11.3 Å². The van der Waals surface area contributed by atoms with Gasteiger partial charge in [-0.15, -0.1) is 0 Å². The van der Waals surface area contributed by atoms with Crippen molar-refractivity contribution in [3.05, 3.63) is 70.7 Å². The topological polar surface area (TPSA) is 92.5 Å². The fourth-order valence-corrected chi connectivity index (χ4v) is 3.18. The molecule has 2 aromatic carbocycles. The molecule has 1 aliphatic rings. The molecule has 0 aliphatic carbocycles. The lowest BCUT2D eigenvalue weighted by atomic mass is 10.1. The molecular weight excluding hydrogens is 394 g/mol. The van der Waals surface area contributed by atoms with Crippen LogP contribution in [0.4, 0.5) is 5.69 Å². The van der Waals surface area contributed by atoms with Gasteiger partial charge in [0.1, 0.15) is 0 Å². The Kier molecular flexibility index (Phi) is 4.90. The van der Waals surface area contributed by atoms with E-state index < -0.39 is 0 Å². The van der Waals surface area contributed by atoms with Gasteiger partial charge in [0.15, 0.2) is 11.7 Å². The van der Waals surface area contributed by atoms with Gasteiger partial charge in [-0.1, -0.05) is 11.6 Å². The maximum atomic E-state index is 12.3. The average Bonchev–Trinajstić information content (AvgIpc) is 3.27. The molecule has 0 fully saturated rings. The van der Waals surface area contributed by atoms with Crippen LogP contribution in [0.2, 0.25) is 5.02 Å². The Labute approximate surface area is 171 Å². The van der Waals surface area contributed by atoms with E-state index in [0.29, 0.717) is 34.3 Å². The van der Waals surface area contributed by atoms with Crippen molar-refractivity contribution in [1.82, 2.24) is 9.88 Å². The minimum Gasteiger partial charge on any atom is -0.441 e. The standard InChI is InChI=1S/C21H16ClN3O4/c1-25-20(27)15-7-6-14(10-16(15)21(25)28)24-18(26)8-9-19-23-11-17(29-19)12-2-4-13(22)5-3-12/h2-7,10-11H,8-9H2,1H3,(H,24,26). The van der Waals surface area contributed by atoms with Crippen molar-refractivity contribution in [3.8, 4) is 11.3 Å². The highest BCUT2D eigenvalue weighted by Crippen LogP contribution is 2.25. The maximum absolute atomic E-state index is 12.3. The number of aryl methyl sites for hydroxylation is 1. The summed E-state index contributed by atoms with van der Waals surface area (Å²) in [5.74, 6) is 0.0737. The predicted molar refractivity (Wildman–Crippen MR) is 107 cm³/mol. The number of benzene rings is 2. The van der Waals surface area contributed by atoms with Crippen LogP contribution in [0.3, 0.4) is 0 Å². The first-order valence-corrected chi connectivity index (χ1v) is 9.27. The van der Waals surface area contributed by atoms with E-state index in [1.807, 2.05) is 12.1 Å². The fourth-order valence-electron chi connectivity index (χ4n) is 3.06. The molecule has 1 aliphatic heterocycles. The molecule has 0 atom stereocenters. The summed E-state index contributed by atoms with van der Waals surface area (Å²) < 4.78 is 5.69. The second-order valence-electron chi connectivity index (χ2n) is 6.60. The molecule has 7 nitrogen and oxygen atoms in total. The summed E-state index contributed by atoms with van der Waals surface area (Å²) in [6.07, 6.45) is 2.09. The highest BCUT2D eigenvalue weighted by molar-refractivity contribution is 6.30. The van der Waals surface area contributed by atoms with E-state index in [1.165, 1.54) is 13.1 Å². The first-order chi connectivity index (χ1) is 13.9. The van der Waals surface area contributed by atoms with Gasteiger partial charge in [-0.25, -0.2) is 4.98 Å². The van der Waals surface area contributed by atoms with Gasteiger partial charge in [-0.2, -0.15) is 0 Å². The molecule has 4 rings (SSSR count). The largest absolute Gasteiger partial charge is 0.441 e. The summed E-state index contributed by atoms with van der Waals surface area (Å²) in [4.78, 5) is 41.5. The molecule has 0 saturated heterocycles. The predicted octanol–water partition coefficient (Wildman–Crippen LogP) is 3.79. The van der Waals surface area contributed by atoms with Crippen molar-refractivity contribution in [3.63, 3.8) is 0 Å². The van der Waals surface area contributed by atoms with Crippen LogP contribution in [-0.4, -0.2) is 34.7 Å². The fraction of sp³-hybridized carbons (Fsp3) is 0.143. The molecule has 1 aromatic heterocycles. The third-order valence-electron chi connectivity index (χ3n) is 4.62. The van der Waals surface area contributed by atoms with Crippen molar-refractivity contribution in [2.24, 2.45) is 0 Å². The molecule has 3 amide bonds. The summed E-state index contributed by atoms with van der Waals surface area (Å²) in [5, 5.41) is 3.37. The third-order valence-corrected chi connectivity index (χ3v) is 4.87. The second kappa shape index (κ2) is 7.52. The number of aromatic nitrogens is 1. The minimum absolute atomic E-state index is 0.157. The van der Waals surface area contributed by atoms with E-state index in [0.717, 1.165) is 10.5 Å². The number of hydrogen-bond acceptors (Lipinski definition) is 5. The first kappa shape index (κ1) is 18.9. The number of carbonyl (C=O) groups is 3. The van der Waals surface area contributed by atoms with Gasteiger partial charge < -0.3 is 9.73 Å². The van der Waals surface area contributed by atoms with E-state index >= 15 is 0 Å². The Balaban J connectivity index is 1.37. The number of anilines is 1. The van der Waals surface area contributed by atoms with Gasteiger partial charge in [0.25, 0.3) is 11.8 Å². The van der Waals surface area contributed by atoms with Crippen molar-refractivity contribution in [1.29, 1.82) is 0 Å². The number of carbonyl (C=O) groups excluding carboxylic acids is 3. The molecule has 146 valence electrons. The molecule has 1 N–H and O–H groups in total. The van der Waals surface area contributed by atoms with Crippen LogP contribution in [-0.2, 0) is 11.2 Å². The lowest BCUT2D eigenvalue weighted by Crippen LogP contribution is -2.24. The molecular formula is C21H16ClN3O4. The molecule has 0 bridgehead atoms. The smallest absolute Gasteiger partial charge is 0.261 e. The average molecular weight is 410 g/mol. The van der Waals surface area contributed by atoms with Crippen molar-refractivity contribution in [2.45, 2.75) is 12.8 Å². The molecule has 0 unspecified atom stereocenters. The van der Waals surface area contributed by atoms with Gasteiger partial charge in [0, 0.05) is 36.2 Å². The summed E-state index contributed by atoms with van der Waals surface area (Å²) in [7, 11) is 1.43. The summed E-state index contributed by atoms with van der Waals surface area (Å²) in [6, 6.07) is 11.8. The number of oxazole rings is 1. The number of halogens is 1. The number of imide groups is 1. The van der Waals surface area contributed by atoms with Crippen LogP contribution in [0.15, 0.2) is 53.1 Å². The zero-order valence-corrected chi connectivity index (χ0v) is 16.2. The normalized spacial score (nSPS) is 13.0. The molecule has 0 radical (unpaired) electrons. The van der Waals surface area contributed by atoms with Crippen molar-refractivity contribution in [2.75, 3.05) is 12.4 Å². The molecule has 0 spiro atoms.